The minimum absolute atomic E-state index is 0.120. The van der Waals surface area contributed by atoms with E-state index in [4.69, 9.17) is 0 Å². The maximum atomic E-state index is 12.2. The highest BCUT2D eigenvalue weighted by atomic mass is 16.4. The summed E-state index contributed by atoms with van der Waals surface area (Å²) < 4.78 is 0. The Hall–Kier alpha value is -1.91. The fraction of sp³-hybridized carbons (Fsp3) is 0.500. The average Bonchev–Trinajstić information content (AvgIpc) is 2.39. The standard InChI is InChI=1S/C14H18N2O3/c1-10-4-7-16(12(8-10)14(18)19)13(17)9-11-2-5-15-6-3-11/h2-3,5-6,10,12H,4,7-9H2,1H3,(H,18,19). The number of carboxylic acid groups (broad SMARTS) is 1. The molecular formula is C14H18N2O3. The minimum atomic E-state index is -0.908. The third-order valence-corrected chi connectivity index (χ3v) is 3.57. The minimum Gasteiger partial charge on any atom is -0.480 e. The lowest BCUT2D eigenvalue weighted by atomic mass is 9.92. The molecule has 0 bridgehead atoms. The van der Waals surface area contributed by atoms with Crippen molar-refractivity contribution in [2.24, 2.45) is 5.92 Å². The molecule has 0 saturated carbocycles. The topological polar surface area (TPSA) is 70.5 Å². The van der Waals surface area contributed by atoms with Gasteiger partial charge in [0.15, 0.2) is 0 Å². The summed E-state index contributed by atoms with van der Waals surface area (Å²) in [6, 6.07) is 2.87. The van der Waals surface area contributed by atoms with E-state index in [-0.39, 0.29) is 12.3 Å². The van der Waals surface area contributed by atoms with Crippen LogP contribution in [0.1, 0.15) is 25.3 Å². The molecule has 5 nitrogen and oxygen atoms in total. The van der Waals surface area contributed by atoms with E-state index >= 15 is 0 Å². The van der Waals surface area contributed by atoms with Crippen molar-refractivity contribution in [2.45, 2.75) is 32.2 Å². The van der Waals surface area contributed by atoms with E-state index < -0.39 is 12.0 Å². The van der Waals surface area contributed by atoms with Gasteiger partial charge in [0.2, 0.25) is 5.91 Å². The Morgan fingerprint density at radius 3 is 2.74 bits per heavy atom. The second-order valence-corrected chi connectivity index (χ2v) is 5.10. The first-order chi connectivity index (χ1) is 9.08. The van der Waals surface area contributed by atoms with Crippen LogP contribution in [0.3, 0.4) is 0 Å². The van der Waals surface area contributed by atoms with Crippen LogP contribution < -0.4 is 0 Å². The van der Waals surface area contributed by atoms with Crippen LogP contribution in [-0.2, 0) is 16.0 Å². The van der Waals surface area contributed by atoms with E-state index in [0.29, 0.717) is 18.9 Å². The Balaban J connectivity index is 2.06. The molecule has 1 aromatic heterocycles. The zero-order valence-electron chi connectivity index (χ0n) is 11.0. The Labute approximate surface area is 112 Å². The van der Waals surface area contributed by atoms with E-state index in [1.165, 1.54) is 4.90 Å². The maximum Gasteiger partial charge on any atom is 0.326 e. The van der Waals surface area contributed by atoms with Gasteiger partial charge < -0.3 is 10.0 Å². The summed E-state index contributed by atoms with van der Waals surface area (Å²) in [5, 5.41) is 9.24. The van der Waals surface area contributed by atoms with Crippen molar-refractivity contribution in [3.63, 3.8) is 0 Å². The van der Waals surface area contributed by atoms with Crippen LogP contribution in [0.2, 0.25) is 0 Å². The number of hydrogen-bond donors (Lipinski definition) is 1. The molecule has 1 saturated heterocycles. The van der Waals surface area contributed by atoms with E-state index in [2.05, 4.69) is 4.98 Å². The van der Waals surface area contributed by atoms with Gasteiger partial charge in [0.05, 0.1) is 6.42 Å². The van der Waals surface area contributed by atoms with Crippen molar-refractivity contribution in [2.75, 3.05) is 6.54 Å². The van der Waals surface area contributed by atoms with E-state index in [1.54, 1.807) is 24.5 Å². The molecule has 0 spiro atoms. The number of carbonyl (C=O) groups excluding carboxylic acids is 1. The number of nitrogens with zero attached hydrogens (tertiary/aromatic N) is 2. The van der Waals surface area contributed by atoms with Crippen LogP contribution >= 0.6 is 0 Å². The number of hydrogen-bond acceptors (Lipinski definition) is 3. The molecule has 1 amide bonds. The van der Waals surface area contributed by atoms with Gasteiger partial charge in [-0.25, -0.2) is 4.79 Å². The zero-order valence-corrected chi connectivity index (χ0v) is 11.0. The highest BCUT2D eigenvalue weighted by Gasteiger charge is 2.34. The van der Waals surface area contributed by atoms with Gasteiger partial charge in [-0.15, -0.1) is 0 Å². The predicted molar refractivity (Wildman–Crippen MR) is 69.5 cm³/mol. The second-order valence-electron chi connectivity index (χ2n) is 5.10. The van der Waals surface area contributed by atoms with E-state index in [1.807, 2.05) is 6.92 Å². The molecule has 19 heavy (non-hydrogen) atoms. The molecular weight excluding hydrogens is 244 g/mol. The maximum absolute atomic E-state index is 12.2. The number of aromatic nitrogens is 1. The number of likely N-dealkylation sites (tertiary alicyclic amines) is 1. The monoisotopic (exact) mass is 262 g/mol. The molecule has 1 aliphatic rings. The predicted octanol–water partition coefficient (Wildman–Crippen LogP) is 1.34. The smallest absolute Gasteiger partial charge is 0.326 e. The van der Waals surface area contributed by atoms with Crippen molar-refractivity contribution in [1.29, 1.82) is 0 Å². The third kappa shape index (κ3) is 3.30. The Kier molecular flexibility index (Phi) is 4.14. The molecule has 0 radical (unpaired) electrons. The van der Waals surface area contributed by atoms with Crippen LogP contribution in [0.25, 0.3) is 0 Å². The SMILES string of the molecule is CC1CCN(C(=O)Cc2ccncc2)C(C(=O)O)C1. The molecule has 1 aliphatic heterocycles. The van der Waals surface area contributed by atoms with Crippen LogP contribution in [0.5, 0.6) is 0 Å². The second kappa shape index (κ2) is 5.82. The number of amides is 1. The first-order valence-corrected chi connectivity index (χ1v) is 6.49. The number of carbonyl (C=O) groups is 2. The summed E-state index contributed by atoms with van der Waals surface area (Å²) in [5.74, 6) is -0.675. The fourth-order valence-corrected chi connectivity index (χ4v) is 2.45. The molecule has 0 aromatic carbocycles. The Morgan fingerprint density at radius 1 is 1.42 bits per heavy atom. The summed E-state index contributed by atoms with van der Waals surface area (Å²) in [4.78, 5) is 28.9. The van der Waals surface area contributed by atoms with Gasteiger partial charge >= 0.3 is 5.97 Å². The van der Waals surface area contributed by atoms with Crippen molar-refractivity contribution in [3.8, 4) is 0 Å². The van der Waals surface area contributed by atoms with Gasteiger partial charge in [-0.3, -0.25) is 9.78 Å². The summed E-state index contributed by atoms with van der Waals surface area (Å²) in [6.45, 7) is 2.56. The van der Waals surface area contributed by atoms with Crippen LogP contribution in [0.15, 0.2) is 24.5 Å². The number of rotatable bonds is 3. The molecule has 0 aliphatic carbocycles. The van der Waals surface area contributed by atoms with E-state index in [9.17, 15) is 14.7 Å². The van der Waals surface area contributed by atoms with Gasteiger partial charge in [0, 0.05) is 18.9 Å². The molecule has 1 N–H and O–H groups in total. The summed E-state index contributed by atoms with van der Waals surface area (Å²) in [7, 11) is 0. The summed E-state index contributed by atoms with van der Waals surface area (Å²) in [6.07, 6.45) is 4.91. The highest BCUT2D eigenvalue weighted by molar-refractivity contribution is 5.85. The largest absolute Gasteiger partial charge is 0.480 e. The molecule has 102 valence electrons. The lowest BCUT2D eigenvalue weighted by molar-refractivity contribution is -0.152. The van der Waals surface area contributed by atoms with E-state index in [0.717, 1.165) is 12.0 Å². The number of pyridine rings is 1. The molecule has 2 rings (SSSR count). The molecule has 1 aromatic rings. The highest BCUT2D eigenvalue weighted by Crippen LogP contribution is 2.23. The quantitative estimate of drug-likeness (QED) is 0.892. The van der Waals surface area contributed by atoms with Gasteiger partial charge in [-0.2, -0.15) is 0 Å². The molecule has 2 heterocycles. The molecule has 5 heteroatoms. The van der Waals surface area contributed by atoms with Gasteiger partial charge in [0.25, 0.3) is 0 Å². The normalized spacial score (nSPS) is 23.1. The zero-order chi connectivity index (χ0) is 13.8. The van der Waals surface area contributed by atoms with Gasteiger partial charge in [-0.05, 0) is 36.5 Å². The summed E-state index contributed by atoms with van der Waals surface area (Å²) >= 11 is 0. The molecule has 1 fully saturated rings. The summed E-state index contributed by atoms with van der Waals surface area (Å²) in [5.41, 5.74) is 0.864. The van der Waals surface area contributed by atoms with Crippen LogP contribution in [-0.4, -0.2) is 39.5 Å². The fourth-order valence-electron chi connectivity index (χ4n) is 2.45. The van der Waals surface area contributed by atoms with Crippen molar-refractivity contribution in [3.05, 3.63) is 30.1 Å². The van der Waals surface area contributed by atoms with Crippen molar-refractivity contribution < 1.29 is 14.7 Å². The first kappa shape index (κ1) is 13.5. The van der Waals surface area contributed by atoms with Crippen molar-refractivity contribution in [1.82, 2.24) is 9.88 Å². The number of carboxylic acids is 1. The van der Waals surface area contributed by atoms with Gasteiger partial charge in [0.1, 0.15) is 6.04 Å². The lowest BCUT2D eigenvalue weighted by Gasteiger charge is -2.36. The Bertz CT molecular complexity index is 461. The average molecular weight is 262 g/mol. The lowest BCUT2D eigenvalue weighted by Crippen LogP contribution is -2.50. The number of aliphatic carboxylic acids is 1. The number of piperidine rings is 1. The Morgan fingerprint density at radius 2 is 2.11 bits per heavy atom. The van der Waals surface area contributed by atoms with Crippen LogP contribution in [0, 0.1) is 5.92 Å². The van der Waals surface area contributed by atoms with Gasteiger partial charge in [-0.1, -0.05) is 6.92 Å². The van der Waals surface area contributed by atoms with Crippen molar-refractivity contribution >= 4 is 11.9 Å². The molecule has 2 atom stereocenters. The third-order valence-electron chi connectivity index (χ3n) is 3.57. The molecule has 2 unspecified atom stereocenters. The van der Waals surface area contributed by atoms with Crippen LogP contribution in [0.4, 0.5) is 0 Å². The first-order valence-electron chi connectivity index (χ1n) is 6.49.